The Morgan fingerprint density at radius 2 is 1.74 bits per heavy atom. The van der Waals surface area contributed by atoms with Crippen molar-refractivity contribution in [2.24, 2.45) is 0 Å². The van der Waals surface area contributed by atoms with E-state index in [9.17, 15) is 4.79 Å². The molecule has 0 N–H and O–H groups in total. The summed E-state index contributed by atoms with van der Waals surface area (Å²) in [6.45, 7) is 2.23. The van der Waals surface area contributed by atoms with Crippen molar-refractivity contribution < 1.29 is 9.53 Å². The van der Waals surface area contributed by atoms with Crippen LogP contribution in [0.1, 0.15) is 44.6 Å². The number of hydrogen-bond donors (Lipinski definition) is 0. The van der Waals surface area contributed by atoms with Crippen molar-refractivity contribution in [2.75, 3.05) is 35.2 Å². The predicted molar refractivity (Wildman–Crippen MR) is 98.2 cm³/mol. The lowest BCUT2D eigenvalue weighted by molar-refractivity contribution is 0.172. The van der Waals surface area contributed by atoms with Gasteiger partial charge in [0.2, 0.25) is 0 Å². The van der Waals surface area contributed by atoms with Gasteiger partial charge in [0.1, 0.15) is 11.4 Å². The summed E-state index contributed by atoms with van der Waals surface area (Å²) >= 11 is 0. The summed E-state index contributed by atoms with van der Waals surface area (Å²) < 4.78 is 6.18. The summed E-state index contributed by atoms with van der Waals surface area (Å²) in [4.78, 5) is 13.2. The number of hydrogen-bond acceptors (Lipinski definition) is 2. The monoisotopic (exact) mass is 321 g/mol. The van der Waals surface area contributed by atoms with Gasteiger partial charge in [-0.2, -0.15) is 0 Å². The van der Waals surface area contributed by atoms with Gasteiger partial charge in [0.15, 0.2) is 0 Å². The summed E-state index contributed by atoms with van der Waals surface area (Å²) in [5, 5.41) is 0. The van der Waals surface area contributed by atoms with Crippen LogP contribution < -0.4 is 9.22 Å². The fourth-order valence-corrected chi connectivity index (χ4v) is 2.59. The molecule has 4 heteroatoms. The van der Waals surface area contributed by atoms with Crippen molar-refractivity contribution in [3.05, 3.63) is 23.8 Å². The number of ether oxygens (including phenoxy) is 1. The summed E-state index contributed by atoms with van der Waals surface area (Å²) in [5.41, 5.74) is 2.56. The van der Waals surface area contributed by atoms with Gasteiger partial charge in [-0.25, -0.2) is 4.79 Å². The van der Waals surface area contributed by atoms with E-state index in [2.05, 4.69) is 34.1 Å². The number of rotatable bonds is 8. The van der Waals surface area contributed by atoms with Crippen molar-refractivity contribution in [3.63, 3.8) is 0 Å². The zero-order chi connectivity index (χ0) is 17.5. The molecule has 0 heterocycles. The molecule has 0 spiro atoms. The highest BCUT2D eigenvalue weighted by Crippen LogP contribution is 2.29. The standard InChI is InChI=1S/C19H33N2O2/c1-7-8-9-10-11-12-16-15-17(23-19(22)20(2)3)13-14-18(16)21(4,5)6/h13-15H,7-12H2,1-6H3/q+1. The maximum Gasteiger partial charge on any atom is 0.414 e. The van der Waals surface area contributed by atoms with Crippen LogP contribution in [0.2, 0.25) is 0 Å². The average molecular weight is 321 g/mol. The molecular formula is C19H33N2O2+. The Balaban J connectivity index is 2.86. The molecule has 130 valence electrons. The normalized spacial score (nSPS) is 11.4. The van der Waals surface area contributed by atoms with E-state index >= 15 is 0 Å². The Kier molecular flexibility index (Phi) is 7.56. The number of benzene rings is 1. The van der Waals surface area contributed by atoms with Gasteiger partial charge >= 0.3 is 6.09 Å². The molecule has 1 rings (SSSR count). The van der Waals surface area contributed by atoms with Crippen LogP contribution >= 0.6 is 0 Å². The fraction of sp³-hybridized carbons (Fsp3) is 0.632. The number of quaternary nitrogens is 1. The Hall–Kier alpha value is -1.55. The molecule has 0 saturated heterocycles. The quantitative estimate of drug-likeness (QED) is 0.523. The van der Waals surface area contributed by atoms with Crippen molar-refractivity contribution in [3.8, 4) is 5.75 Å². The second-order valence-corrected chi connectivity index (χ2v) is 7.23. The van der Waals surface area contributed by atoms with E-state index in [1.165, 1.54) is 48.3 Å². The number of unbranched alkanes of at least 4 members (excludes halogenated alkanes) is 4. The van der Waals surface area contributed by atoms with Crippen LogP contribution in [0.15, 0.2) is 18.2 Å². The highest BCUT2D eigenvalue weighted by Gasteiger charge is 2.19. The maximum atomic E-state index is 11.7. The minimum Gasteiger partial charge on any atom is -0.410 e. The first kappa shape index (κ1) is 19.5. The molecular weight excluding hydrogens is 288 g/mol. The first-order chi connectivity index (χ1) is 10.8. The lowest BCUT2D eigenvalue weighted by atomic mass is 10.0. The van der Waals surface area contributed by atoms with E-state index in [-0.39, 0.29) is 6.09 Å². The maximum absolute atomic E-state index is 11.7. The third-order valence-electron chi connectivity index (χ3n) is 3.89. The summed E-state index contributed by atoms with van der Waals surface area (Å²) in [6, 6.07) is 6.00. The Labute approximate surface area is 141 Å². The van der Waals surface area contributed by atoms with Crippen LogP contribution in [0.3, 0.4) is 0 Å². The minimum absolute atomic E-state index is 0.336. The van der Waals surface area contributed by atoms with Crippen LogP contribution in [0, 0.1) is 0 Å². The number of carbonyl (C=O) groups excluding carboxylic acids is 1. The molecule has 0 aliphatic carbocycles. The Morgan fingerprint density at radius 1 is 1.09 bits per heavy atom. The first-order valence-corrected chi connectivity index (χ1v) is 8.59. The van der Waals surface area contributed by atoms with E-state index < -0.39 is 0 Å². The van der Waals surface area contributed by atoms with Crippen LogP contribution in [0.25, 0.3) is 0 Å². The Bertz CT molecular complexity index is 505. The van der Waals surface area contributed by atoms with Gasteiger partial charge in [0.05, 0.1) is 21.1 Å². The molecule has 1 aromatic rings. The number of nitrogens with zero attached hydrogens (tertiary/aromatic N) is 2. The number of aryl methyl sites for hydroxylation is 1. The SMILES string of the molecule is CCCCCCCc1cc(OC(=O)N(C)C)ccc1[N+](C)(C)C. The molecule has 4 nitrogen and oxygen atoms in total. The summed E-state index contributed by atoms with van der Waals surface area (Å²) in [7, 11) is 9.89. The van der Waals surface area contributed by atoms with E-state index in [1.807, 2.05) is 12.1 Å². The second kappa shape index (κ2) is 8.92. The molecule has 1 aromatic carbocycles. The molecule has 0 fully saturated rings. The van der Waals surface area contributed by atoms with Crippen LogP contribution in [-0.4, -0.2) is 46.2 Å². The largest absolute Gasteiger partial charge is 0.414 e. The smallest absolute Gasteiger partial charge is 0.410 e. The second-order valence-electron chi connectivity index (χ2n) is 7.23. The van der Waals surface area contributed by atoms with E-state index in [4.69, 9.17) is 4.74 Å². The molecule has 0 bridgehead atoms. The molecule has 0 aliphatic rings. The van der Waals surface area contributed by atoms with E-state index in [0.29, 0.717) is 5.75 Å². The predicted octanol–water partition coefficient (Wildman–Crippen LogP) is 4.46. The molecule has 0 radical (unpaired) electrons. The van der Waals surface area contributed by atoms with Crippen LogP contribution in [0.5, 0.6) is 5.75 Å². The van der Waals surface area contributed by atoms with Crippen molar-refractivity contribution in [1.82, 2.24) is 9.38 Å². The lowest BCUT2D eigenvalue weighted by Crippen LogP contribution is -2.35. The van der Waals surface area contributed by atoms with Gasteiger partial charge < -0.3 is 9.64 Å². The molecule has 0 saturated carbocycles. The van der Waals surface area contributed by atoms with Gasteiger partial charge in [-0.3, -0.25) is 4.48 Å². The van der Waals surface area contributed by atoms with Crippen molar-refractivity contribution in [2.45, 2.75) is 45.4 Å². The molecule has 0 atom stereocenters. The van der Waals surface area contributed by atoms with Gasteiger partial charge in [-0.05, 0) is 25.0 Å². The Morgan fingerprint density at radius 3 is 2.30 bits per heavy atom. The first-order valence-electron chi connectivity index (χ1n) is 8.59. The third-order valence-corrected chi connectivity index (χ3v) is 3.89. The lowest BCUT2D eigenvalue weighted by Gasteiger charge is -2.26. The summed E-state index contributed by atoms with van der Waals surface area (Å²) in [5.74, 6) is 0.629. The molecule has 0 aromatic heterocycles. The summed E-state index contributed by atoms with van der Waals surface area (Å²) in [6.07, 6.45) is 7.00. The van der Waals surface area contributed by atoms with Crippen LogP contribution in [-0.2, 0) is 6.42 Å². The zero-order valence-electron chi connectivity index (χ0n) is 15.7. The topological polar surface area (TPSA) is 29.5 Å². The molecule has 0 unspecified atom stereocenters. The molecule has 0 aliphatic heterocycles. The van der Waals surface area contributed by atoms with Gasteiger partial charge in [-0.1, -0.05) is 32.6 Å². The minimum atomic E-state index is -0.336. The van der Waals surface area contributed by atoms with E-state index in [1.54, 1.807) is 14.1 Å². The average Bonchev–Trinajstić information content (AvgIpc) is 2.46. The van der Waals surface area contributed by atoms with Gasteiger partial charge in [0, 0.05) is 25.7 Å². The third kappa shape index (κ3) is 6.61. The van der Waals surface area contributed by atoms with Crippen molar-refractivity contribution in [1.29, 1.82) is 0 Å². The van der Waals surface area contributed by atoms with E-state index in [0.717, 1.165) is 10.9 Å². The van der Waals surface area contributed by atoms with Gasteiger partial charge in [0.25, 0.3) is 0 Å². The number of carbonyl (C=O) groups is 1. The highest BCUT2D eigenvalue weighted by atomic mass is 16.6. The molecule has 23 heavy (non-hydrogen) atoms. The zero-order valence-corrected chi connectivity index (χ0v) is 15.7. The molecule has 1 amide bonds. The highest BCUT2D eigenvalue weighted by molar-refractivity contribution is 5.70. The number of amides is 1. The fourth-order valence-electron chi connectivity index (χ4n) is 2.59. The van der Waals surface area contributed by atoms with Crippen LogP contribution in [0.4, 0.5) is 10.5 Å². The van der Waals surface area contributed by atoms with Crippen molar-refractivity contribution >= 4 is 11.8 Å². The van der Waals surface area contributed by atoms with Gasteiger partial charge in [-0.15, -0.1) is 0 Å².